The third-order valence-corrected chi connectivity index (χ3v) is 3.36. The van der Waals surface area contributed by atoms with Gasteiger partial charge in [-0.2, -0.15) is 0 Å². The number of ether oxygens (including phenoxy) is 1. The highest BCUT2D eigenvalue weighted by molar-refractivity contribution is 5.75. The van der Waals surface area contributed by atoms with E-state index >= 15 is 0 Å². The maximum atomic E-state index is 11.6. The van der Waals surface area contributed by atoms with Crippen LogP contribution in [0.15, 0.2) is 0 Å². The van der Waals surface area contributed by atoms with E-state index in [0.29, 0.717) is 6.04 Å². The van der Waals surface area contributed by atoms with E-state index in [1.165, 1.54) is 0 Å². The number of rotatable bonds is 4. The molecule has 0 aromatic carbocycles. The maximum Gasteiger partial charge on any atom is 0.323 e. The van der Waals surface area contributed by atoms with Crippen LogP contribution in [0.3, 0.4) is 0 Å². The van der Waals surface area contributed by atoms with Gasteiger partial charge in [0.25, 0.3) is 0 Å². The standard InChI is InChI=1S/C12H24N2O2/c1-8(2)11(13)12(15)16-10-6-4-9(14-3)5-7-10/h8-11,14H,4-7,13H2,1-3H3. The molecular formula is C12H24N2O2. The highest BCUT2D eigenvalue weighted by atomic mass is 16.5. The summed E-state index contributed by atoms with van der Waals surface area (Å²) in [6.45, 7) is 3.87. The smallest absolute Gasteiger partial charge is 0.323 e. The van der Waals surface area contributed by atoms with E-state index in [2.05, 4.69) is 5.32 Å². The molecule has 0 saturated heterocycles. The van der Waals surface area contributed by atoms with Gasteiger partial charge in [-0.25, -0.2) is 0 Å². The first-order chi connectivity index (χ1) is 7.54. The molecule has 4 heteroatoms. The molecule has 1 rings (SSSR count). The zero-order valence-electron chi connectivity index (χ0n) is 10.5. The zero-order valence-corrected chi connectivity index (χ0v) is 10.5. The van der Waals surface area contributed by atoms with E-state index in [1.54, 1.807) is 0 Å². The second-order valence-corrected chi connectivity index (χ2v) is 4.97. The number of carbonyl (C=O) groups is 1. The Morgan fingerprint density at radius 2 is 1.88 bits per heavy atom. The highest BCUT2D eigenvalue weighted by Gasteiger charge is 2.26. The van der Waals surface area contributed by atoms with Gasteiger partial charge in [-0.15, -0.1) is 0 Å². The minimum Gasteiger partial charge on any atom is -0.461 e. The molecule has 1 saturated carbocycles. The van der Waals surface area contributed by atoms with Gasteiger partial charge in [0.05, 0.1) is 0 Å². The van der Waals surface area contributed by atoms with Gasteiger partial charge in [0.15, 0.2) is 0 Å². The van der Waals surface area contributed by atoms with Crippen LogP contribution in [0.2, 0.25) is 0 Å². The van der Waals surface area contributed by atoms with Crippen LogP contribution in [0.1, 0.15) is 39.5 Å². The average molecular weight is 228 g/mol. The zero-order chi connectivity index (χ0) is 12.1. The lowest BCUT2D eigenvalue weighted by atomic mass is 9.93. The van der Waals surface area contributed by atoms with Crippen molar-refractivity contribution in [3.05, 3.63) is 0 Å². The number of nitrogens with two attached hydrogens (primary N) is 1. The Bertz CT molecular complexity index is 223. The van der Waals surface area contributed by atoms with Crippen molar-refractivity contribution in [2.24, 2.45) is 11.7 Å². The predicted molar refractivity (Wildman–Crippen MR) is 64.0 cm³/mol. The Morgan fingerprint density at radius 1 is 1.31 bits per heavy atom. The predicted octanol–water partition coefficient (Wildman–Crippen LogP) is 1.04. The van der Waals surface area contributed by atoms with Crippen molar-refractivity contribution in [2.75, 3.05) is 7.05 Å². The Balaban J connectivity index is 2.31. The first-order valence-corrected chi connectivity index (χ1v) is 6.18. The first-order valence-electron chi connectivity index (χ1n) is 6.18. The highest BCUT2D eigenvalue weighted by Crippen LogP contribution is 2.21. The van der Waals surface area contributed by atoms with Gasteiger partial charge in [-0.3, -0.25) is 4.79 Å². The second-order valence-electron chi connectivity index (χ2n) is 4.97. The van der Waals surface area contributed by atoms with E-state index in [1.807, 2.05) is 20.9 Å². The van der Waals surface area contributed by atoms with Crippen LogP contribution < -0.4 is 11.1 Å². The average Bonchev–Trinajstić information content (AvgIpc) is 2.28. The summed E-state index contributed by atoms with van der Waals surface area (Å²) in [6.07, 6.45) is 4.11. The minimum atomic E-state index is -0.484. The third-order valence-electron chi connectivity index (χ3n) is 3.36. The minimum absolute atomic E-state index is 0.0712. The molecule has 4 nitrogen and oxygen atoms in total. The fraction of sp³-hybridized carbons (Fsp3) is 0.917. The van der Waals surface area contributed by atoms with E-state index in [0.717, 1.165) is 25.7 Å². The van der Waals surface area contributed by atoms with Crippen LogP contribution in [-0.4, -0.2) is 31.2 Å². The molecule has 0 radical (unpaired) electrons. The third kappa shape index (κ3) is 3.76. The van der Waals surface area contributed by atoms with Gasteiger partial charge >= 0.3 is 5.97 Å². The monoisotopic (exact) mass is 228 g/mol. The first kappa shape index (κ1) is 13.5. The molecule has 1 atom stereocenters. The van der Waals surface area contributed by atoms with Crippen LogP contribution >= 0.6 is 0 Å². The SMILES string of the molecule is CNC1CCC(OC(=O)C(N)C(C)C)CC1. The number of hydrogen-bond donors (Lipinski definition) is 2. The van der Waals surface area contributed by atoms with E-state index in [-0.39, 0.29) is 18.0 Å². The fourth-order valence-corrected chi connectivity index (χ4v) is 1.98. The Kier molecular flexibility index (Phi) is 5.22. The van der Waals surface area contributed by atoms with Crippen LogP contribution in [0.5, 0.6) is 0 Å². The molecular weight excluding hydrogens is 204 g/mol. The second kappa shape index (κ2) is 6.21. The summed E-state index contributed by atoms with van der Waals surface area (Å²) in [4.78, 5) is 11.6. The van der Waals surface area contributed by atoms with Crippen molar-refractivity contribution in [3.8, 4) is 0 Å². The Labute approximate surface area is 97.9 Å². The van der Waals surface area contributed by atoms with E-state index in [4.69, 9.17) is 10.5 Å². The van der Waals surface area contributed by atoms with Gasteiger partial charge in [0.1, 0.15) is 12.1 Å². The molecule has 0 bridgehead atoms. The topological polar surface area (TPSA) is 64.3 Å². The number of carbonyl (C=O) groups excluding carboxylic acids is 1. The van der Waals surface area contributed by atoms with E-state index < -0.39 is 6.04 Å². The summed E-state index contributed by atoms with van der Waals surface area (Å²) in [5, 5.41) is 3.25. The number of esters is 1. The largest absolute Gasteiger partial charge is 0.461 e. The van der Waals surface area contributed by atoms with Crippen molar-refractivity contribution in [2.45, 2.75) is 57.7 Å². The van der Waals surface area contributed by atoms with E-state index in [9.17, 15) is 4.79 Å². The molecule has 0 aliphatic heterocycles. The van der Waals surface area contributed by atoms with Crippen LogP contribution in [0.25, 0.3) is 0 Å². The summed E-state index contributed by atoms with van der Waals surface area (Å²) in [6, 6.07) is 0.0933. The molecule has 0 heterocycles. The van der Waals surface area contributed by atoms with Crippen LogP contribution in [-0.2, 0) is 9.53 Å². The normalized spacial score (nSPS) is 27.8. The van der Waals surface area contributed by atoms with Gasteiger partial charge in [-0.05, 0) is 38.6 Å². The lowest BCUT2D eigenvalue weighted by Crippen LogP contribution is -2.41. The molecule has 1 unspecified atom stereocenters. The van der Waals surface area contributed by atoms with Gasteiger partial charge < -0.3 is 15.8 Å². The van der Waals surface area contributed by atoms with Crippen molar-refractivity contribution in [3.63, 3.8) is 0 Å². The number of nitrogens with one attached hydrogen (secondary N) is 1. The van der Waals surface area contributed by atoms with Crippen LogP contribution in [0.4, 0.5) is 0 Å². The van der Waals surface area contributed by atoms with Crippen molar-refractivity contribution in [1.82, 2.24) is 5.32 Å². The molecule has 94 valence electrons. The molecule has 1 aliphatic carbocycles. The van der Waals surface area contributed by atoms with Gasteiger partial charge in [-0.1, -0.05) is 13.8 Å². The lowest BCUT2D eigenvalue weighted by molar-refractivity contribution is -0.153. The number of hydrogen-bond acceptors (Lipinski definition) is 4. The molecule has 16 heavy (non-hydrogen) atoms. The summed E-state index contributed by atoms with van der Waals surface area (Å²) >= 11 is 0. The summed E-state index contributed by atoms with van der Waals surface area (Å²) < 4.78 is 5.42. The summed E-state index contributed by atoms with van der Waals surface area (Å²) in [5.74, 6) is -0.107. The van der Waals surface area contributed by atoms with Crippen LogP contribution in [0, 0.1) is 5.92 Å². The molecule has 0 aromatic rings. The molecule has 0 amide bonds. The molecule has 0 spiro atoms. The molecule has 0 aromatic heterocycles. The Hall–Kier alpha value is -0.610. The summed E-state index contributed by atoms with van der Waals surface area (Å²) in [7, 11) is 1.98. The lowest BCUT2D eigenvalue weighted by Gasteiger charge is -2.29. The van der Waals surface area contributed by atoms with Crippen molar-refractivity contribution in [1.29, 1.82) is 0 Å². The molecule has 1 fully saturated rings. The van der Waals surface area contributed by atoms with Gasteiger partial charge in [0, 0.05) is 6.04 Å². The quantitative estimate of drug-likeness (QED) is 0.706. The molecule has 1 aliphatic rings. The summed E-state index contributed by atoms with van der Waals surface area (Å²) in [5.41, 5.74) is 5.74. The fourth-order valence-electron chi connectivity index (χ4n) is 1.98. The maximum absolute atomic E-state index is 11.6. The Morgan fingerprint density at radius 3 is 2.31 bits per heavy atom. The molecule has 3 N–H and O–H groups in total. The van der Waals surface area contributed by atoms with Crippen molar-refractivity contribution < 1.29 is 9.53 Å². The van der Waals surface area contributed by atoms with Gasteiger partial charge in [0.2, 0.25) is 0 Å². The van der Waals surface area contributed by atoms with Crippen molar-refractivity contribution >= 4 is 5.97 Å².